The van der Waals surface area contributed by atoms with E-state index in [0.717, 1.165) is 31.7 Å². The SMILES string of the molecule is Cc1nc(C(=O)N2CCCC2CC2CCCCC2)ccc1C(=O)O. The van der Waals surface area contributed by atoms with E-state index in [9.17, 15) is 9.59 Å². The summed E-state index contributed by atoms with van der Waals surface area (Å²) in [4.78, 5) is 30.2. The summed E-state index contributed by atoms with van der Waals surface area (Å²) in [6.45, 7) is 2.43. The fourth-order valence-electron chi connectivity index (χ4n) is 4.21. The number of likely N-dealkylation sites (tertiary alicyclic amines) is 1. The van der Waals surface area contributed by atoms with Gasteiger partial charge in [-0.15, -0.1) is 0 Å². The lowest BCUT2D eigenvalue weighted by Crippen LogP contribution is -2.37. The summed E-state index contributed by atoms with van der Waals surface area (Å²) in [6.07, 6.45) is 9.82. The van der Waals surface area contributed by atoms with Crippen LogP contribution in [-0.2, 0) is 0 Å². The molecule has 1 aromatic heterocycles. The zero-order valence-electron chi connectivity index (χ0n) is 14.3. The van der Waals surface area contributed by atoms with Crippen LogP contribution in [0.1, 0.15) is 77.9 Å². The Hall–Kier alpha value is -1.91. The second-order valence-electron chi connectivity index (χ2n) is 7.17. The van der Waals surface area contributed by atoms with E-state index in [4.69, 9.17) is 5.11 Å². The molecule has 0 radical (unpaired) electrons. The third-order valence-electron chi connectivity index (χ3n) is 5.50. The van der Waals surface area contributed by atoms with E-state index in [1.807, 2.05) is 4.90 Å². The normalized spacial score (nSPS) is 21.9. The minimum atomic E-state index is -1.00. The van der Waals surface area contributed by atoms with Crippen molar-refractivity contribution in [3.63, 3.8) is 0 Å². The predicted molar refractivity (Wildman–Crippen MR) is 91.2 cm³/mol. The first kappa shape index (κ1) is 16.9. The van der Waals surface area contributed by atoms with Crippen molar-refractivity contribution in [1.29, 1.82) is 0 Å². The number of carboxylic acids is 1. The van der Waals surface area contributed by atoms with Gasteiger partial charge < -0.3 is 10.0 Å². The highest BCUT2D eigenvalue weighted by Gasteiger charge is 2.32. The third-order valence-corrected chi connectivity index (χ3v) is 5.50. The summed E-state index contributed by atoms with van der Waals surface area (Å²) < 4.78 is 0. The van der Waals surface area contributed by atoms with Crippen LogP contribution in [0, 0.1) is 12.8 Å². The summed E-state index contributed by atoms with van der Waals surface area (Å²) in [7, 11) is 0. The number of aromatic carboxylic acids is 1. The van der Waals surface area contributed by atoms with Crippen LogP contribution in [0.2, 0.25) is 0 Å². The molecule has 5 heteroatoms. The van der Waals surface area contributed by atoms with E-state index in [1.165, 1.54) is 38.2 Å². The molecule has 1 aromatic rings. The number of nitrogens with zero attached hydrogens (tertiary/aromatic N) is 2. The van der Waals surface area contributed by atoms with Crippen LogP contribution in [-0.4, -0.2) is 39.5 Å². The summed E-state index contributed by atoms with van der Waals surface area (Å²) in [5, 5.41) is 9.10. The van der Waals surface area contributed by atoms with Crippen molar-refractivity contribution in [3.8, 4) is 0 Å². The van der Waals surface area contributed by atoms with Crippen molar-refractivity contribution < 1.29 is 14.7 Å². The van der Waals surface area contributed by atoms with Gasteiger partial charge in [0.25, 0.3) is 5.91 Å². The molecule has 24 heavy (non-hydrogen) atoms. The molecule has 1 saturated heterocycles. The topological polar surface area (TPSA) is 70.5 Å². The second-order valence-corrected chi connectivity index (χ2v) is 7.17. The number of rotatable bonds is 4. The lowest BCUT2D eigenvalue weighted by molar-refractivity contribution is 0.0683. The first-order valence-electron chi connectivity index (χ1n) is 9.08. The van der Waals surface area contributed by atoms with Crippen LogP contribution in [0.25, 0.3) is 0 Å². The van der Waals surface area contributed by atoms with E-state index in [1.54, 1.807) is 13.0 Å². The molecule has 1 aliphatic carbocycles. The van der Waals surface area contributed by atoms with Gasteiger partial charge in [0.05, 0.1) is 11.3 Å². The molecule has 0 bridgehead atoms. The highest BCUT2D eigenvalue weighted by Crippen LogP contribution is 2.32. The molecular formula is C19H26N2O3. The first-order valence-corrected chi connectivity index (χ1v) is 9.08. The number of aryl methyl sites for hydroxylation is 1. The zero-order valence-corrected chi connectivity index (χ0v) is 14.3. The Morgan fingerprint density at radius 1 is 1.17 bits per heavy atom. The molecule has 3 rings (SSSR count). The molecule has 1 amide bonds. The Balaban J connectivity index is 1.71. The van der Waals surface area contributed by atoms with Crippen molar-refractivity contribution >= 4 is 11.9 Å². The van der Waals surface area contributed by atoms with Gasteiger partial charge in [0.15, 0.2) is 0 Å². The summed E-state index contributed by atoms with van der Waals surface area (Å²) in [5.74, 6) is -0.301. The van der Waals surface area contributed by atoms with E-state index >= 15 is 0 Å². The number of hydrogen-bond acceptors (Lipinski definition) is 3. The van der Waals surface area contributed by atoms with Gasteiger partial charge in [-0.1, -0.05) is 32.1 Å². The predicted octanol–water partition coefficient (Wildman–Crippen LogP) is 3.66. The Morgan fingerprint density at radius 2 is 1.92 bits per heavy atom. The highest BCUT2D eigenvalue weighted by atomic mass is 16.4. The molecule has 2 aliphatic rings. The van der Waals surface area contributed by atoms with E-state index in [2.05, 4.69) is 4.98 Å². The highest BCUT2D eigenvalue weighted by molar-refractivity contribution is 5.94. The van der Waals surface area contributed by atoms with Gasteiger partial charge >= 0.3 is 5.97 Å². The lowest BCUT2D eigenvalue weighted by atomic mass is 9.84. The number of carbonyl (C=O) groups is 2. The van der Waals surface area contributed by atoms with Crippen LogP contribution in [0.5, 0.6) is 0 Å². The van der Waals surface area contributed by atoms with Gasteiger partial charge in [-0.3, -0.25) is 4.79 Å². The maximum atomic E-state index is 12.8. The van der Waals surface area contributed by atoms with E-state index < -0.39 is 5.97 Å². The molecule has 130 valence electrons. The molecule has 2 fully saturated rings. The molecule has 5 nitrogen and oxygen atoms in total. The largest absolute Gasteiger partial charge is 0.478 e. The molecule has 2 heterocycles. The Labute approximate surface area is 143 Å². The van der Waals surface area contributed by atoms with Crippen LogP contribution in [0.4, 0.5) is 0 Å². The average molecular weight is 330 g/mol. The zero-order chi connectivity index (χ0) is 17.1. The van der Waals surface area contributed by atoms with Gasteiger partial charge in [0.1, 0.15) is 5.69 Å². The number of aromatic nitrogens is 1. The monoisotopic (exact) mass is 330 g/mol. The number of carboxylic acid groups (broad SMARTS) is 1. The van der Waals surface area contributed by atoms with Crippen molar-refractivity contribution in [2.45, 2.75) is 64.3 Å². The fourth-order valence-corrected chi connectivity index (χ4v) is 4.21. The number of amides is 1. The molecule has 1 unspecified atom stereocenters. The fraction of sp³-hybridized carbons (Fsp3) is 0.632. The first-order chi connectivity index (χ1) is 11.6. The molecular weight excluding hydrogens is 304 g/mol. The van der Waals surface area contributed by atoms with Gasteiger partial charge in [-0.2, -0.15) is 0 Å². The van der Waals surface area contributed by atoms with Crippen molar-refractivity contribution in [1.82, 2.24) is 9.88 Å². The summed E-state index contributed by atoms with van der Waals surface area (Å²) in [5.41, 5.74) is 0.927. The average Bonchev–Trinajstić information content (AvgIpc) is 3.02. The van der Waals surface area contributed by atoms with E-state index in [-0.39, 0.29) is 11.5 Å². The standard InChI is InChI=1S/C19H26N2O3/c1-13-16(19(23)24)9-10-17(20-13)18(22)21-11-5-8-15(21)12-14-6-3-2-4-7-14/h9-10,14-15H,2-8,11-12H2,1H3,(H,23,24). The Bertz CT molecular complexity index is 623. The van der Waals surface area contributed by atoms with Crippen molar-refractivity contribution in [3.05, 3.63) is 29.1 Å². The van der Waals surface area contributed by atoms with Gasteiger partial charge in [-0.25, -0.2) is 9.78 Å². The lowest BCUT2D eigenvalue weighted by Gasteiger charge is -2.30. The van der Waals surface area contributed by atoms with Gasteiger partial charge in [0, 0.05) is 12.6 Å². The number of hydrogen-bond donors (Lipinski definition) is 1. The maximum Gasteiger partial charge on any atom is 0.337 e. The van der Waals surface area contributed by atoms with Crippen LogP contribution in [0.3, 0.4) is 0 Å². The Kier molecular flexibility index (Phi) is 5.17. The number of carbonyl (C=O) groups excluding carboxylic acids is 1. The number of pyridine rings is 1. The van der Waals surface area contributed by atoms with Crippen molar-refractivity contribution in [2.75, 3.05) is 6.54 Å². The molecule has 1 atom stereocenters. The summed E-state index contributed by atoms with van der Waals surface area (Å²) >= 11 is 0. The summed E-state index contributed by atoms with van der Waals surface area (Å²) in [6, 6.07) is 3.36. The van der Waals surface area contributed by atoms with Gasteiger partial charge in [0.2, 0.25) is 0 Å². The smallest absolute Gasteiger partial charge is 0.337 e. The third kappa shape index (κ3) is 3.60. The molecule has 1 aliphatic heterocycles. The van der Waals surface area contributed by atoms with Gasteiger partial charge in [-0.05, 0) is 44.2 Å². The Morgan fingerprint density at radius 3 is 2.58 bits per heavy atom. The minimum absolute atomic E-state index is 0.0478. The van der Waals surface area contributed by atoms with E-state index in [0.29, 0.717) is 17.4 Å². The molecule has 0 aromatic carbocycles. The quantitative estimate of drug-likeness (QED) is 0.914. The molecule has 0 spiro atoms. The van der Waals surface area contributed by atoms with Crippen molar-refractivity contribution in [2.24, 2.45) is 5.92 Å². The van der Waals surface area contributed by atoms with Crippen LogP contribution >= 0.6 is 0 Å². The molecule has 1 saturated carbocycles. The van der Waals surface area contributed by atoms with Crippen LogP contribution in [0.15, 0.2) is 12.1 Å². The maximum absolute atomic E-state index is 12.8. The van der Waals surface area contributed by atoms with Crippen LogP contribution < -0.4 is 0 Å². The molecule has 1 N–H and O–H groups in total. The second kappa shape index (κ2) is 7.32. The minimum Gasteiger partial charge on any atom is -0.478 e.